The van der Waals surface area contributed by atoms with E-state index in [1.165, 1.54) is 6.07 Å². The first kappa shape index (κ1) is 16.6. The van der Waals surface area contributed by atoms with Crippen molar-refractivity contribution in [1.29, 1.82) is 0 Å². The van der Waals surface area contributed by atoms with Gasteiger partial charge in [0.2, 0.25) is 5.91 Å². The van der Waals surface area contributed by atoms with Gasteiger partial charge in [0.25, 0.3) is 5.56 Å². The van der Waals surface area contributed by atoms with E-state index in [0.717, 1.165) is 11.1 Å². The van der Waals surface area contributed by atoms with Gasteiger partial charge in [0.15, 0.2) is 4.77 Å². The van der Waals surface area contributed by atoms with Crippen LogP contribution in [0.5, 0.6) is 0 Å². The minimum Gasteiger partial charge on any atom is -0.335 e. The van der Waals surface area contributed by atoms with Crippen molar-refractivity contribution in [2.24, 2.45) is 5.10 Å². The van der Waals surface area contributed by atoms with Crippen LogP contribution < -0.4 is 11.0 Å². The number of carbonyl (C=O) groups is 1. The number of aromatic amines is 2. The van der Waals surface area contributed by atoms with Crippen LogP contribution in [0.1, 0.15) is 18.2 Å². The monoisotopic (exact) mass is 328 g/mol. The van der Waals surface area contributed by atoms with Gasteiger partial charge in [-0.2, -0.15) is 5.10 Å². The maximum absolute atomic E-state index is 11.8. The summed E-state index contributed by atoms with van der Waals surface area (Å²) in [6.45, 7) is 1.89. The number of amides is 1. The van der Waals surface area contributed by atoms with Crippen molar-refractivity contribution in [1.82, 2.24) is 15.4 Å². The van der Waals surface area contributed by atoms with Gasteiger partial charge in [0, 0.05) is 11.8 Å². The Morgan fingerprint density at radius 2 is 2.04 bits per heavy atom. The molecule has 1 heterocycles. The first-order chi connectivity index (χ1) is 11.0. The molecule has 23 heavy (non-hydrogen) atoms. The Kier molecular flexibility index (Phi) is 5.76. The molecule has 0 bridgehead atoms. The molecule has 7 heteroatoms. The zero-order valence-electron chi connectivity index (χ0n) is 12.5. The summed E-state index contributed by atoms with van der Waals surface area (Å²) >= 11 is 4.84. The van der Waals surface area contributed by atoms with E-state index in [0.29, 0.717) is 5.69 Å². The van der Waals surface area contributed by atoms with Gasteiger partial charge in [-0.15, -0.1) is 0 Å². The lowest BCUT2D eigenvalue weighted by Gasteiger charge is -2.00. The lowest BCUT2D eigenvalue weighted by molar-refractivity contribution is -0.120. The van der Waals surface area contributed by atoms with E-state index < -0.39 is 0 Å². The third-order valence-electron chi connectivity index (χ3n) is 2.82. The Morgan fingerprint density at radius 3 is 2.74 bits per heavy atom. The fraction of sp³-hybridized carbons (Fsp3) is 0.125. The lowest BCUT2D eigenvalue weighted by Crippen LogP contribution is -2.21. The number of nitrogens with zero attached hydrogens (tertiary/aromatic N) is 1. The van der Waals surface area contributed by atoms with Gasteiger partial charge in [-0.25, -0.2) is 5.43 Å². The maximum atomic E-state index is 11.8. The Bertz CT molecular complexity index is 822. The molecular formula is C16H16N4O2S. The molecule has 1 aromatic carbocycles. The highest BCUT2D eigenvalue weighted by Crippen LogP contribution is 2.04. The number of carbonyl (C=O) groups excluding carboxylic acids is 1. The zero-order valence-corrected chi connectivity index (χ0v) is 13.3. The Balaban J connectivity index is 1.92. The highest BCUT2D eigenvalue weighted by Gasteiger charge is 2.03. The molecule has 1 aromatic heterocycles. The first-order valence-electron chi connectivity index (χ1n) is 6.91. The summed E-state index contributed by atoms with van der Waals surface area (Å²) in [6, 6.07) is 11.1. The van der Waals surface area contributed by atoms with E-state index in [-0.39, 0.29) is 22.7 Å². The maximum Gasteiger partial charge on any atom is 0.251 e. The molecule has 2 aromatic rings. The van der Waals surface area contributed by atoms with E-state index >= 15 is 0 Å². The summed E-state index contributed by atoms with van der Waals surface area (Å²) in [5.41, 5.74) is 4.45. The summed E-state index contributed by atoms with van der Waals surface area (Å²) in [5.74, 6) is -0.343. The number of hydrazone groups is 1. The number of hydrogen-bond donors (Lipinski definition) is 3. The van der Waals surface area contributed by atoms with Crippen LogP contribution in [0.4, 0.5) is 0 Å². The van der Waals surface area contributed by atoms with Gasteiger partial charge >= 0.3 is 0 Å². The number of aromatic nitrogens is 2. The average molecular weight is 328 g/mol. The van der Waals surface area contributed by atoms with Crippen molar-refractivity contribution in [3.63, 3.8) is 0 Å². The summed E-state index contributed by atoms with van der Waals surface area (Å²) in [4.78, 5) is 28.2. The number of H-pyrrole nitrogens is 2. The Hall–Kier alpha value is -2.80. The predicted octanol–water partition coefficient (Wildman–Crippen LogP) is 2.18. The van der Waals surface area contributed by atoms with Gasteiger partial charge < -0.3 is 4.98 Å². The van der Waals surface area contributed by atoms with Crippen molar-refractivity contribution in [2.75, 3.05) is 0 Å². The highest BCUT2D eigenvalue weighted by atomic mass is 32.1. The van der Waals surface area contributed by atoms with E-state index in [9.17, 15) is 9.59 Å². The third-order valence-corrected chi connectivity index (χ3v) is 3.02. The van der Waals surface area contributed by atoms with Crippen LogP contribution in [-0.4, -0.2) is 22.1 Å². The van der Waals surface area contributed by atoms with E-state index in [1.54, 1.807) is 6.21 Å². The summed E-state index contributed by atoms with van der Waals surface area (Å²) in [7, 11) is 0. The quantitative estimate of drug-likeness (QED) is 0.446. The molecule has 118 valence electrons. The molecular weight excluding hydrogens is 312 g/mol. The molecule has 0 unspecified atom stereocenters. The van der Waals surface area contributed by atoms with Gasteiger partial charge in [0.1, 0.15) is 0 Å². The topological polar surface area (TPSA) is 90.1 Å². The Labute approximate surface area is 138 Å². The van der Waals surface area contributed by atoms with Crippen LogP contribution in [0.25, 0.3) is 6.08 Å². The van der Waals surface area contributed by atoms with Crippen molar-refractivity contribution in [3.05, 3.63) is 68.4 Å². The Morgan fingerprint density at radius 1 is 1.30 bits per heavy atom. The molecule has 0 radical (unpaired) electrons. The minimum absolute atomic E-state index is 0.00759. The number of benzene rings is 1. The predicted molar refractivity (Wildman–Crippen MR) is 92.7 cm³/mol. The van der Waals surface area contributed by atoms with Crippen LogP contribution in [0.15, 0.2) is 51.9 Å². The second-order valence-corrected chi connectivity index (χ2v) is 5.29. The lowest BCUT2D eigenvalue weighted by atomic mass is 10.1. The normalized spacial score (nSPS) is 11.6. The van der Waals surface area contributed by atoms with Crippen LogP contribution in [0.3, 0.4) is 0 Å². The van der Waals surface area contributed by atoms with Gasteiger partial charge in [-0.05, 0) is 30.3 Å². The SMILES string of the molecule is CC(/C=N\NC(=O)Cc1cc(=O)[nH]c(=S)[nH]1)=C\c1ccccc1. The molecule has 0 aliphatic heterocycles. The molecule has 2 rings (SSSR count). The second-order valence-electron chi connectivity index (χ2n) is 4.88. The first-order valence-corrected chi connectivity index (χ1v) is 7.31. The van der Waals surface area contributed by atoms with Gasteiger partial charge in [-0.3, -0.25) is 14.6 Å². The summed E-state index contributed by atoms with van der Waals surface area (Å²) in [6.07, 6.45) is 3.50. The molecule has 3 N–H and O–H groups in total. The summed E-state index contributed by atoms with van der Waals surface area (Å²) in [5, 5.41) is 3.89. The minimum atomic E-state index is -0.346. The van der Waals surface area contributed by atoms with Crippen LogP contribution in [-0.2, 0) is 11.2 Å². The molecule has 6 nitrogen and oxygen atoms in total. The van der Waals surface area contributed by atoms with E-state index in [4.69, 9.17) is 12.2 Å². The summed E-state index contributed by atoms with van der Waals surface area (Å²) < 4.78 is 0.186. The molecule has 0 aliphatic carbocycles. The van der Waals surface area contributed by atoms with Crippen LogP contribution >= 0.6 is 12.2 Å². The number of rotatable bonds is 5. The number of allylic oxidation sites excluding steroid dienone is 1. The highest BCUT2D eigenvalue weighted by molar-refractivity contribution is 7.71. The molecule has 0 saturated heterocycles. The smallest absolute Gasteiger partial charge is 0.251 e. The fourth-order valence-electron chi connectivity index (χ4n) is 1.88. The molecule has 1 amide bonds. The van der Waals surface area contributed by atoms with Crippen molar-refractivity contribution in [3.8, 4) is 0 Å². The van der Waals surface area contributed by atoms with E-state index in [2.05, 4.69) is 20.5 Å². The van der Waals surface area contributed by atoms with E-state index in [1.807, 2.05) is 43.3 Å². The fourth-order valence-corrected chi connectivity index (χ4v) is 2.11. The van der Waals surface area contributed by atoms with Crippen molar-refractivity contribution < 1.29 is 4.79 Å². The van der Waals surface area contributed by atoms with Crippen LogP contribution in [0.2, 0.25) is 0 Å². The molecule has 0 atom stereocenters. The molecule has 0 saturated carbocycles. The van der Waals surface area contributed by atoms with Crippen molar-refractivity contribution in [2.45, 2.75) is 13.3 Å². The zero-order chi connectivity index (χ0) is 16.7. The average Bonchev–Trinajstić information content (AvgIpc) is 2.47. The molecule has 0 fully saturated rings. The number of hydrogen-bond acceptors (Lipinski definition) is 4. The standard InChI is InChI=1S/C16H16N4O2S/c1-11(7-12-5-3-2-4-6-12)10-17-20-15(22)9-13-8-14(21)19-16(23)18-13/h2-8,10H,9H2,1H3,(H,20,22)(H2,18,19,21,23)/b11-7+,17-10-. The second kappa shape index (κ2) is 8.00. The molecule has 0 aliphatic rings. The largest absolute Gasteiger partial charge is 0.335 e. The van der Waals surface area contributed by atoms with Crippen molar-refractivity contribution >= 4 is 30.4 Å². The molecule has 0 spiro atoms. The van der Waals surface area contributed by atoms with Gasteiger partial charge in [0.05, 0.1) is 12.6 Å². The third kappa shape index (κ3) is 5.84. The van der Waals surface area contributed by atoms with Crippen LogP contribution in [0, 0.1) is 4.77 Å². The van der Waals surface area contributed by atoms with Gasteiger partial charge in [-0.1, -0.05) is 36.4 Å². The number of nitrogens with one attached hydrogen (secondary N) is 3.